The Morgan fingerprint density at radius 3 is 1.96 bits per heavy atom. The van der Waals surface area contributed by atoms with E-state index in [4.69, 9.17) is 18.3 Å². The fourth-order valence-electron chi connectivity index (χ4n) is 2.78. The van der Waals surface area contributed by atoms with Crippen LogP contribution in [0.1, 0.15) is 73.6 Å². The highest BCUT2D eigenvalue weighted by Gasteiger charge is 2.47. The van der Waals surface area contributed by atoms with Crippen LogP contribution in [0.3, 0.4) is 0 Å². The van der Waals surface area contributed by atoms with Gasteiger partial charge in [-0.05, 0) is 66.4 Å². The zero-order chi connectivity index (χ0) is 20.7. The van der Waals surface area contributed by atoms with Crippen molar-refractivity contribution in [2.24, 2.45) is 5.92 Å². The number of phosphoric ester groups is 1. The Morgan fingerprint density at radius 1 is 1.00 bits per heavy atom. The Labute approximate surface area is 163 Å². The molecule has 0 spiro atoms. The van der Waals surface area contributed by atoms with E-state index in [-0.39, 0.29) is 5.92 Å². The predicted molar refractivity (Wildman–Crippen MR) is 103 cm³/mol. The van der Waals surface area contributed by atoms with Gasteiger partial charge in [-0.15, -0.1) is 0 Å². The van der Waals surface area contributed by atoms with Gasteiger partial charge in [0.2, 0.25) is 0 Å². The number of allylic oxidation sites excluding steroid dienone is 1. The van der Waals surface area contributed by atoms with Gasteiger partial charge in [0.25, 0.3) is 5.79 Å². The number of carbonyl (C=O) groups is 1. The number of carbonyl (C=O) groups excluding carboxylic acids is 1. The van der Waals surface area contributed by atoms with Gasteiger partial charge in [0.05, 0.1) is 18.3 Å². The Balaban J connectivity index is 3.11. The summed E-state index contributed by atoms with van der Waals surface area (Å²) in [5.74, 6) is -3.39. The summed E-state index contributed by atoms with van der Waals surface area (Å²) in [6.07, 6.45) is 6.77. The molecule has 27 heavy (non-hydrogen) atoms. The van der Waals surface area contributed by atoms with Crippen LogP contribution in [0.25, 0.3) is 0 Å². The highest BCUT2D eigenvalue weighted by molar-refractivity contribution is 7.48. The minimum atomic E-state index is -4.22. The second kappa shape index (κ2) is 10.7. The van der Waals surface area contributed by atoms with E-state index in [1.807, 2.05) is 0 Å². The molecule has 1 unspecified atom stereocenters. The largest absolute Gasteiger partial charge is 0.478 e. The minimum absolute atomic E-state index is 0.220. The molecular formula is C19H35O7P. The number of ether oxygens (including phenoxy) is 1. The first-order chi connectivity index (χ1) is 12.5. The zero-order valence-corrected chi connectivity index (χ0v) is 18.2. The lowest BCUT2D eigenvalue weighted by molar-refractivity contribution is -0.195. The molecule has 0 aliphatic heterocycles. The maximum absolute atomic E-state index is 13.0. The molecule has 0 aromatic heterocycles. The summed E-state index contributed by atoms with van der Waals surface area (Å²) >= 11 is 0. The van der Waals surface area contributed by atoms with Crippen molar-refractivity contribution >= 4 is 13.8 Å². The molecule has 1 saturated carbocycles. The van der Waals surface area contributed by atoms with Crippen molar-refractivity contribution in [2.45, 2.75) is 97.7 Å². The van der Waals surface area contributed by atoms with Gasteiger partial charge in [0.1, 0.15) is 0 Å². The molecule has 0 bridgehead atoms. The molecule has 0 heterocycles. The van der Waals surface area contributed by atoms with Gasteiger partial charge in [0, 0.05) is 0 Å². The first kappa shape index (κ1) is 24.3. The summed E-state index contributed by atoms with van der Waals surface area (Å²) in [6.45, 7) is 9.92. The molecule has 0 aromatic rings. The van der Waals surface area contributed by atoms with E-state index in [2.05, 4.69) is 0 Å². The summed E-state index contributed by atoms with van der Waals surface area (Å²) in [5, 5.41) is 10.9. The minimum Gasteiger partial charge on any atom is -0.459 e. The summed E-state index contributed by atoms with van der Waals surface area (Å²) in [6, 6.07) is 0. The van der Waals surface area contributed by atoms with Gasteiger partial charge in [-0.25, -0.2) is 13.9 Å². The number of hydrogen-bond donors (Lipinski definition) is 1. The fourth-order valence-corrected chi connectivity index (χ4v) is 4.43. The van der Waals surface area contributed by atoms with Gasteiger partial charge in [0.15, 0.2) is 0 Å². The van der Waals surface area contributed by atoms with Crippen LogP contribution in [0.2, 0.25) is 0 Å². The molecule has 1 fully saturated rings. The van der Waals surface area contributed by atoms with Crippen LogP contribution >= 0.6 is 7.82 Å². The van der Waals surface area contributed by atoms with Gasteiger partial charge in [-0.2, -0.15) is 0 Å². The van der Waals surface area contributed by atoms with E-state index in [1.54, 1.807) is 47.6 Å². The molecule has 158 valence electrons. The highest BCUT2D eigenvalue weighted by atomic mass is 31.2. The molecular weight excluding hydrogens is 371 g/mol. The maximum atomic E-state index is 13.0. The summed E-state index contributed by atoms with van der Waals surface area (Å²) in [5.41, 5.74) is 0. The van der Waals surface area contributed by atoms with Crippen LogP contribution in [0.4, 0.5) is 0 Å². The molecule has 7 nitrogen and oxygen atoms in total. The fraction of sp³-hybridized carbons (Fsp3) is 0.842. The first-order valence-corrected chi connectivity index (χ1v) is 11.2. The number of esters is 1. The lowest BCUT2D eigenvalue weighted by Gasteiger charge is -2.30. The van der Waals surface area contributed by atoms with Gasteiger partial charge >= 0.3 is 13.8 Å². The summed E-state index contributed by atoms with van der Waals surface area (Å²) in [7, 11) is -4.22. The molecule has 0 aromatic carbocycles. The smallest absolute Gasteiger partial charge is 0.459 e. The van der Waals surface area contributed by atoms with Crippen molar-refractivity contribution in [1.29, 1.82) is 0 Å². The van der Waals surface area contributed by atoms with Crippen molar-refractivity contribution in [3.63, 3.8) is 0 Å². The third-order valence-corrected chi connectivity index (χ3v) is 5.67. The van der Waals surface area contributed by atoms with Crippen LogP contribution < -0.4 is 0 Å². The topological polar surface area (TPSA) is 91.3 Å². The monoisotopic (exact) mass is 406 g/mol. The Kier molecular flexibility index (Phi) is 9.66. The predicted octanol–water partition coefficient (Wildman–Crippen LogP) is 4.74. The quantitative estimate of drug-likeness (QED) is 0.242. The van der Waals surface area contributed by atoms with E-state index in [0.29, 0.717) is 0 Å². The molecule has 1 N–H and O–H groups in total. The number of rotatable bonds is 10. The van der Waals surface area contributed by atoms with E-state index in [0.717, 1.165) is 25.7 Å². The van der Waals surface area contributed by atoms with Crippen LogP contribution in [0, 0.1) is 5.92 Å². The third-order valence-electron chi connectivity index (χ3n) is 3.81. The van der Waals surface area contributed by atoms with Crippen molar-refractivity contribution in [3.8, 4) is 0 Å². The normalized spacial score (nSPS) is 19.2. The number of hydrogen-bond acceptors (Lipinski definition) is 7. The Bertz CT molecular complexity index is 524. The van der Waals surface area contributed by atoms with Gasteiger partial charge in [-0.3, -0.25) is 9.05 Å². The average Bonchev–Trinajstić information content (AvgIpc) is 2.51. The SMILES string of the molecule is CC(C)OC(=O)C(O)(/C=C/C1CCCCC1)OP(=O)(OC(C)C)OC(C)C. The molecule has 8 heteroatoms. The van der Waals surface area contributed by atoms with E-state index >= 15 is 0 Å². The Hall–Kier alpha value is -0.720. The summed E-state index contributed by atoms with van der Waals surface area (Å²) in [4.78, 5) is 12.5. The molecule has 1 atom stereocenters. The van der Waals surface area contributed by atoms with Crippen LogP contribution in [-0.2, 0) is 27.7 Å². The molecule has 0 amide bonds. The molecule has 1 aliphatic rings. The molecule has 0 saturated heterocycles. The van der Waals surface area contributed by atoms with Gasteiger partial charge < -0.3 is 9.84 Å². The van der Waals surface area contributed by atoms with Crippen molar-refractivity contribution in [1.82, 2.24) is 0 Å². The van der Waals surface area contributed by atoms with Crippen LogP contribution in [-0.4, -0.2) is 35.2 Å². The molecule has 1 rings (SSSR count). The maximum Gasteiger partial charge on any atom is 0.478 e. The van der Waals surface area contributed by atoms with Gasteiger partial charge in [-0.1, -0.05) is 25.3 Å². The lowest BCUT2D eigenvalue weighted by Crippen LogP contribution is -2.42. The van der Waals surface area contributed by atoms with E-state index in [9.17, 15) is 14.5 Å². The van der Waals surface area contributed by atoms with Crippen molar-refractivity contribution < 1.29 is 32.8 Å². The van der Waals surface area contributed by atoms with Crippen molar-refractivity contribution in [3.05, 3.63) is 12.2 Å². The number of phosphoric acid groups is 1. The van der Waals surface area contributed by atoms with Crippen molar-refractivity contribution in [2.75, 3.05) is 0 Å². The summed E-state index contributed by atoms with van der Waals surface area (Å²) < 4.78 is 34.0. The lowest BCUT2D eigenvalue weighted by atomic mass is 9.88. The standard InChI is InChI=1S/C19H35O7P/c1-14(2)23-18(20)19(21,13-12-17-10-8-7-9-11-17)26-27(22,24-15(3)4)25-16(5)6/h12-17,21H,7-11H2,1-6H3/b13-12+. The van der Waals surface area contributed by atoms with E-state index < -0.39 is 37.9 Å². The average molecular weight is 406 g/mol. The molecule has 1 aliphatic carbocycles. The molecule has 0 radical (unpaired) electrons. The second-order valence-corrected chi connectivity index (χ2v) is 9.25. The number of aliphatic hydroxyl groups is 1. The van der Waals surface area contributed by atoms with Crippen LogP contribution in [0.5, 0.6) is 0 Å². The van der Waals surface area contributed by atoms with E-state index in [1.165, 1.54) is 12.5 Å². The first-order valence-electron chi connectivity index (χ1n) is 9.76. The zero-order valence-electron chi connectivity index (χ0n) is 17.3. The Morgan fingerprint density at radius 2 is 1.52 bits per heavy atom. The highest BCUT2D eigenvalue weighted by Crippen LogP contribution is 2.54. The third kappa shape index (κ3) is 8.88. The second-order valence-electron chi connectivity index (χ2n) is 7.75. The van der Waals surface area contributed by atoms with Crippen LogP contribution in [0.15, 0.2) is 12.2 Å².